The van der Waals surface area contributed by atoms with Crippen LogP contribution in [-0.2, 0) is 9.53 Å². The van der Waals surface area contributed by atoms with Crippen LogP contribution in [0.2, 0.25) is 0 Å². The number of carbonyl (C=O) groups is 1. The van der Waals surface area contributed by atoms with Gasteiger partial charge in [-0.3, -0.25) is 4.79 Å². The third kappa shape index (κ3) is 3.75. The standard InChI is InChI=1S/C16H21N3O2S/c20-15-7-2-8-19(15)13-5-1-4-12(10-13)18-16(22)17-11-14-6-3-9-21-14/h1,4-5,10,14H,2-3,6-9,11H2,(H2,17,18,22)/t14-/m0/s1. The second-order valence-electron chi connectivity index (χ2n) is 5.67. The Kier molecular flexibility index (Phi) is 4.90. The summed E-state index contributed by atoms with van der Waals surface area (Å²) in [4.78, 5) is 13.6. The summed E-state index contributed by atoms with van der Waals surface area (Å²) in [6, 6.07) is 7.80. The van der Waals surface area contributed by atoms with Gasteiger partial charge in [-0.05, 0) is 49.7 Å². The third-order valence-corrected chi connectivity index (χ3v) is 4.25. The molecule has 0 radical (unpaired) electrons. The van der Waals surface area contributed by atoms with Crippen molar-refractivity contribution in [3.05, 3.63) is 24.3 Å². The second-order valence-corrected chi connectivity index (χ2v) is 6.08. The summed E-state index contributed by atoms with van der Waals surface area (Å²) in [5, 5.41) is 6.94. The molecule has 1 atom stereocenters. The highest BCUT2D eigenvalue weighted by Crippen LogP contribution is 2.24. The van der Waals surface area contributed by atoms with Crippen LogP contribution in [0.25, 0.3) is 0 Å². The lowest BCUT2D eigenvalue weighted by Crippen LogP contribution is -2.34. The zero-order valence-electron chi connectivity index (χ0n) is 12.5. The van der Waals surface area contributed by atoms with Gasteiger partial charge in [0.2, 0.25) is 5.91 Å². The maximum Gasteiger partial charge on any atom is 0.227 e. The zero-order chi connectivity index (χ0) is 15.4. The molecule has 2 heterocycles. The highest BCUT2D eigenvalue weighted by atomic mass is 32.1. The van der Waals surface area contributed by atoms with E-state index in [2.05, 4.69) is 10.6 Å². The van der Waals surface area contributed by atoms with Crippen molar-refractivity contribution in [2.45, 2.75) is 31.8 Å². The van der Waals surface area contributed by atoms with Gasteiger partial charge in [0.05, 0.1) is 6.10 Å². The molecule has 2 fully saturated rings. The monoisotopic (exact) mass is 319 g/mol. The largest absolute Gasteiger partial charge is 0.376 e. The van der Waals surface area contributed by atoms with Crippen LogP contribution in [0.15, 0.2) is 24.3 Å². The SMILES string of the molecule is O=C1CCCN1c1cccc(NC(=S)NC[C@@H]2CCCO2)c1. The molecular formula is C16H21N3O2S. The van der Waals surface area contributed by atoms with E-state index < -0.39 is 0 Å². The number of thiocarbonyl (C=S) groups is 1. The number of anilines is 2. The first kappa shape index (κ1) is 15.2. The fraction of sp³-hybridized carbons (Fsp3) is 0.500. The lowest BCUT2D eigenvalue weighted by molar-refractivity contribution is -0.117. The number of nitrogens with zero attached hydrogens (tertiary/aromatic N) is 1. The maximum atomic E-state index is 11.8. The number of nitrogens with one attached hydrogen (secondary N) is 2. The second kappa shape index (κ2) is 7.07. The van der Waals surface area contributed by atoms with Crippen LogP contribution in [0.5, 0.6) is 0 Å². The normalized spacial score (nSPS) is 21.2. The minimum absolute atomic E-state index is 0.191. The Labute approximate surface area is 136 Å². The quantitative estimate of drug-likeness (QED) is 0.834. The molecule has 0 aromatic heterocycles. The summed E-state index contributed by atoms with van der Waals surface area (Å²) >= 11 is 5.31. The summed E-state index contributed by atoms with van der Waals surface area (Å²) in [6.45, 7) is 2.37. The number of benzene rings is 1. The van der Waals surface area contributed by atoms with Crippen LogP contribution in [-0.4, -0.2) is 36.8 Å². The topological polar surface area (TPSA) is 53.6 Å². The molecule has 2 N–H and O–H groups in total. The number of amides is 1. The summed E-state index contributed by atoms with van der Waals surface area (Å²) in [5.41, 5.74) is 1.82. The maximum absolute atomic E-state index is 11.8. The average Bonchev–Trinajstić information content (AvgIpc) is 3.16. The van der Waals surface area contributed by atoms with Crippen LogP contribution in [0.4, 0.5) is 11.4 Å². The van der Waals surface area contributed by atoms with E-state index in [-0.39, 0.29) is 12.0 Å². The summed E-state index contributed by atoms with van der Waals surface area (Å²) in [5.74, 6) is 0.191. The average molecular weight is 319 g/mol. The molecular weight excluding hydrogens is 298 g/mol. The van der Waals surface area contributed by atoms with Crippen LogP contribution in [0, 0.1) is 0 Å². The molecule has 2 saturated heterocycles. The molecule has 1 amide bonds. The highest BCUT2D eigenvalue weighted by Gasteiger charge is 2.21. The van der Waals surface area contributed by atoms with Crippen molar-refractivity contribution in [1.29, 1.82) is 0 Å². The van der Waals surface area contributed by atoms with E-state index in [4.69, 9.17) is 17.0 Å². The van der Waals surface area contributed by atoms with E-state index in [1.807, 2.05) is 29.2 Å². The van der Waals surface area contributed by atoms with Gasteiger partial charge in [0, 0.05) is 37.5 Å². The van der Waals surface area contributed by atoms with Gasteiger partial charge in [-0.25, -0.2) is 0 Å². The number of hydrogen-bond donors (Lipinski definition) is 2. The van der Waals surface area contributed by atoms with E-state index in [1.54, 1.807) is 0 Å². The van der Waals surface area contributed by atoms with Crippen molar-refractivity contribution in [3.8, 4) is 0 Å². The molecule has 0 bridgehead atoms. The van der Waals surface area contributed by atoms with Crippen LogP contribution in [0.3, 0.4) is 0 Å². The minimum atomic E-state index is 0.191. The minimum Gasteiger partial charge on any atom is -0.376 e. The Hall–Kier alpha value is -1.66. The molecule has 0 unspecified atom stereocenters. The molecule has 22 heavy (non-hydrogen) atoms. The zero-order valence-corrected chi connectivity index (χ0v) is 13.3. The van der Waals surface area contributed by atoms with Crippen molar-refractivity contribution < 1.29 is 9.53 Å². The first-order chi connectivity index (χ1) is 10.7. The lowest BCUT2D eigenvalue weighted by atomic mass is 10.2. The van der Waals surface area contributed by atoms with Gasteiger partial charge in [-0.1, -0.05) is 6.07 Å². The Morgan fingerprint density at radius 3 is 3.05 bits per heavy atom. The van der Waals surface area contributed by atoms with Gasteiger partial charge in [0.25, 0.3) is 0 Å². The van der Waals surface area contributed by atoms with Crippen molar-refractivity contribution >= 4 is 34.6 Å². The molecule has 6 heteroatoms. The fourth-order valence-corrected chi connectivity index (χ4v) is 3.06. The number of hydrogen-bond acceptors (Lipinski definition) is 3. The number of carbonyl (C=O) groups excluding carboxylic acids is 1. The van der Waals surface area contributed by atoms with Crippen molar-refractivity contribution in [3.63, 3.8) is 0 Å². The molecule has 5 nitrogen and oxygen atoms in total. The predicted octanol–water partition coefficient (Wildman–Crippen LogP) is 2.28. The summed E-state index contributed by atoms with van der Waals surface area (Å²) in [7, 11) is 0. The Bertz CT molecular complexity index is 558. The van der Waals surface area contributed by atoms with Gasteiger partial charge in [0.1, 0.15) is 0 Å². The van der Waals surface area contributed by atoms with Crippen molar-refractivity contribution in [2.75, 3.05) is 29.9 Å². The Morgan fingerprint density at radius 2 is 2.32 bits per heavy atom. The lowest BCUT2D eigenvalue weighted by Gasteiger charge is -2.18. The molecule has 0 aliphatic carbocycles. The van der Waals surface area contributed by atoms with Gasteiger partial charge in [-0.2, -0.15) is 0 Å². The molecule has 0 saturated carbocycles. The summed E-state index contributed by atoms with van der Waals surface area (Å²) < 4.78 is 5.56. The van der Waals surface area contributed by atoms with E-state index in [9.17, 15) is 4.79 Å². The van der Waals surface area contributed by atoms with E-state index in [0.29, 0.717) is 11.5 Å². The molecule has 1 aromatic rings. The fourth-order valence-electron chi connectivity index (χ4n) is 2.86. The molecule has 2 aliphatic heterocycles. The van der Waals surface area contributed by atoms with Crippen LogP contribution in [0.1, 0.15) is 25.7 Å². The Balaban J connectivity index is 1.55. The van der Waals surface area contributed by atoms with E-state index in [0.717, 1.165) is 50.3 Å². The first-order valence-electron chi connectivity index (χ1n) is 7.79. The van der Waals surface area contributed by atoms with E-state index >= 15 is 0 Å². The summed E-state index contributed by atoms with van der Waals surface area (Å²) in [6.07, 6.45) is 4.03. The molecule has 1 aromatic carbocycles. The third-order valence-electron chi connectivity index (χ3n) is 4.00. The molecule has 2 aliphatic rings. The molecule has 3 rings (SSSR count). The van der Waals surface area contributed by atoms with E-state index in [1.165, 1.54) is 0 Å². The van der Waals surface area contributed by atoms with Crippen molar-refractivity contribution in [2.24, 2.45) is 0 Å². The smallest absolute Gasteiger partial charge is 0.227 e. The van der Waals surface area contributed by atoms with Gasteiger partial charge >= 0.3 is 0 Å². The first-order valence-corrected chi connectivity index (χ1v) is 8.20. The molecule has 118 valence electrons. The highest BCUT2D eigenvalue weighted by molar-refractivity contribution is 7.80. The predicted molar refractivity (Wildman–Crippen MR) is 91.2 cm³/mol. The number of ether oxygens (including phenoxy) is 1. The van der Waals surface area contributed by atoms with Gasteiger partial charge in [-0.15, -0.1) is 0 Å². The van der Waals surface area contributed by atoms with Gasteiger partial charge in [0.15, 0.2) is 5.11 Å². The van der Waals surface area contributed by atoms with Crippen LogP contribution >= 0.6 is 12.2 Å². The van der Waals surface area contributed by atoms with Gasteiger partial charge < -0.3 is 20.3 Å². The van der Waals surface area contributed by atoms with Crippen molar-refractivity contribution in [1.82, 2.24) is 5.32 Å². The van der Waals surface area contributed by atoms with Crippen LogP contribution < -0.4 is 15.5 Å². The number of rotatable bonds is 4. The molecule has 0 spiro atoms. The Morgan fingerprint density at radius 1 is 1.41 bits per heavy atom.